The molecule has 0 spiro atoms. The van der Waals surface area contributed by atoms with E-state index in [0.717, 1.165) is 12.8 Å². The maximum Gasteiger partial charge on any atom is 0.192 e. The maximum atomic E-state index is 11.1. The van der Waals surface area contributed by atoms with E-state index < -0.39 is 8.32 Å². The predicted molar refractivity (Wildman–Crippen MR) is 79.2 cm³/mol. The average Bonchev–Trinajstić information content (AvgIpc) is 2.19. The molecule has 1 aliphatic carbocycles. The second-order valence-electron chi connectivity index (χ2n) is 7.05. The van der Waals surface area contributed by atoms with Crippen LogP contribution in [0.5, 0.6) is 0 Å². The molecule has 0 aromatic rings. The van der Waals surface area contributed by atoms with Crippen molar-refractivity contribution in [3.8, 4) is 0 Å². The van der Waals surface area contributed by atoms with E-state index in [1.807, 2.05) is 0 Å². The lowest BCUT2D eigenvalue weighted by molar-refractivity contribution is -0.115. The van der Waals surface area contributed by atoms with Gasteiger partial charge in [0, 0.05) is 12.5 Å². The minimum Gasteiger partial charge on any atom is -0.414 e. The van der Waals surface area contributed by atoms with Gasteiger partial charge in [0.2, 0.25) is 0 Å². The van der Waals surface area contributed by atoms with Crippen LogP contribution in [0.2, 0.25) is 18.1 Å². The van der Waals surface area contributed by atoms with Crippen molar-refractivity contribution < 1.29 is 9.22 Å². The molecule has 0 N–H and O–H groups in total. The van der Waals surface area contributed by atoms with Crippen LogP contribution in [0.15, 0.2) is 12.2 Å². The third-order valence-electron chi connectivity index (χ3n) is 4.25. The Hall–Kier alpha value is -0.413. The summed E-state index contributed by atoms with van der Waals surface area (Å²) in [7, 11) is -1.66. The topological polar surface area (TPSA) is 26.3 Å². The summed E-state index contributed by atoms with van der Waals surface area (Å²) in [5, 5.41) is 0.264. The van der Waals surface area contributed by atoms with Crippen LogP contribution in [0.1, 0.15) is 47.0 Å². The number of rotatable bonds is 4. The molecule has 0 saturated heterocycles. The van der Waals surface area contributed by atoms with Crippen molar-refractivity contribution in [2.45, 2.75) is 71.2 Å². The molecular formula is C15H28O2Si. The van der Waals surface area contributed by atoms with Gasteiger partial charge in [0.1, 0.15) is 0 Å². The lowest BCUT2D eigenvalue weighted by atomic mass is 9.91. The molecule has 2 nitrogen and oxygen atoms in total. The molecule has 0 bridgehead atoms. The maximum absolute atomic E-state index is 11.1. The Morgan fingerprint density at radius 2 is 2.06 bits per heavy atom. The molecule has 3 heteroatoms. The van der Waals surface area contributed by atoms with E-state index >= 15 is 0 Å². The van der Waals surface area contributed by atoms with Gasteiger partial charge in [0.05, 0.1) is 0 Å². The van der Waals surface area contributed by atoms with Crippen molar-refractivity contribution in [2.75, 3.05) is 0 Å². The van der Waals surface area contributed by atoms with E-state index in [9.17, 15) is 4.79 Å². The van der Waals surface area contributed by atoms with Gasteiger partial charge in [-0.15, -0.1) is 0 Å². The van der Waals surface area contributed by atoms with Crippen molar-refractivity contribution in [3.05, 3.63) is 12.2 Å². The monoisotopic (exact) mass is 268 g/mol. The van der Waals surface area contributed by atoms with Crippen LogP contribution < -0.4 is 0 Å². The van der Waals surface area contributed by atoms with Gasteiger partial charge >= 0.3 is 0 Å². The third-order valence-corrected chi connectivity index (χ3v) is 8.86. The van der Waals surface area contributed by atoms with E-state index in [4.69, 9.17) is 4.43 Å². The van der Waals surface area contributed by atoms with Gasteiger partial charge in [-0.2, -0.15) is 0 Å². The van der Waals surface area contributed by atoms with Crippen molar-refractivity contribution >= 4 is 14.1 Å². The zero-order chi connectivity index (χ0) is 14.0. The molecule has 0 unspecified atom stereocenters. The fourth-order valence-electron chi connectivity index (χ4n) is 2.10. The van der Waals surface area contributed by atoms with Gasteiger partial charge in [0.15, 0.2) is 14.1 Å². The minimum absolute atomic E-state index is 0.264. The van der Waals surface area contributed by atoms with E-state index in [1.165, 1.54) is 0 Å². The van der Waals surface area contributed by atoms with Crippen LogP contribution in [0.3, 0.4) is 0 Å². The molecule has 0 heterocycles. The Morgan fingerprint density at radius 3 is 2.50 bits per heavy atom. The van der Waals surface area contributed by atoms with Crippen LogP contribution in [-0.4, -0.2) is 20.2 Å². The fourth-order valence-corrected chi connectivity index (χ4v) is 3.56. The Morgan fingerprint density at radius 1 is 1.44 bits per heavy atom. The minimum atomic E-state index is -1.66. The molecule has 0 aliphatic heterocycles. The summed E-state index contributed by atoms with van der Waals surface area (Å²) >= 11 is 0. The average molecular weight is 268 g/mol. The highest BCUT2D eigenvalue weighted by molar-refractivity contribution is 6.74. The van der Waals surface area contributed by atoms with E-state index in [2.05, 4.69) is 46.9 Å². The smallest absolute Gasteiger partial charge is 0.192 e. The molecule has 0 amide bonds. The molecule has 2 atom stereocenters. The summed E-state index contributed by atoms with van der Waals surface area (Å²) in [6, 6.07) is 0. The first-order valence-corrected chi connectivity index (χ1v) is 9.91. The summed E-state index contributed by atoms with van der Waals surface area (Å²) in [5.41, 5.74) is 0. The summed E-state index contributed by atoms with van der Waals surface area (Å²) in [6.07, 6.45) is 6.82. The second kappa shape index (κ2) is 5.70. The third kappa shape index (κ3) is 4.36. The molecule has 0 fully saturated rings. The molecular weight excluding hydrogens is 240 g/mol. The number of carbonyl (C=O) groups is 1. The van der Waals surface area contributed by atoms with Crippen molar-refractivity contribution in [2.24, 2.45) is 5.92 Å². The van der Waals surface area contributed by atoms with Crippen molar-refractivity contribution in [3.63, 3.8) is 0 Å². The van der Waals surface area contributed by atoms with Crippen LogP contribution in [0.4, 0.5) is 0 Å². The Labute approximate surface area is 113 Å². The molecule has 0 aromatic heterocycles. The normalized spacial score (nSPS) is 23.2. The lowest BCUT2D eigenvalue weighted by Crippen LogP contribution is -2.43. The standard InChI is InChI=1S/C15H28O2Si/c1-12(17-18(5,6)15(2,3)4)11-13-7-9-14(16)10-8-13/h7,9,12-13H,8,10-11H2,1-6H3/t12-,13+/m1/s1. The molecule has 18 heavy (non-hydrogen) atoms. The van der Waals surface area contributed by atoms with Crippen molar-refractivity contribution in [1.29, 1.82) is 0 Å². The van der Waals surface area contributed by atoms with Gasteiger partial charge < -0.3 is 4.43 Å². The lowest BCUT2D eigenvalue weighted by Gasteiger charge is -2.39. The van der Waals surface area contributed by atoms with E-state index in [1.54, 1.807) is 6.08 Å². The Balaban J connectivity index is 2.49. The zero-order valence-electron chi connectivity index (χ0n) is 12.7. The molecule has 1 rings (SSSR count). The van der Waals surface area contributed by atoms with Gasteiger partial charge in [0.25, 0.3) is 0 Å². The molecule has 0 saturated carbocycles. The highest BCUT2D eigenvalue weighted by Gasteiger charge is 2.38. The summed E-state index contributed by atoms with van der Waals surface area (Å²) in [6.45, 7) is 13.6. The number of ketones is 1. The van der Waals surface area contributed by atoms with Crippen LogP contribution in [0, 0.1) is 5.92 Å². The molecule has 1 aliphatic rings. The number of allylic oxidation sites excluding steroid dienone is 2. The van der Waals surface area contributed by atoms with Crippen LogP contribution in [-0.2, 0) is 9.22 Å². The molecule has 0 aromatic carbocycles. The first-order valence-electron chi connectivity index (χ1n) is 7.00. The first-order chi connectivity index (χ1) is 8.12. The Kier molecular flexibility index (Phi) is 4.95. The fraction of sp³-hybridized carbons (Fsp3) is 0.800. The second-order valence-corrected chi connectivity index (χ2v) is 11.8. The van der Waals surface area contributed by atoms with E-state index in [0.29, 0.717) is 12.3 Å². The Bertz CT molecular complexity index is 326. The number of carbonyl (C=O) groups excluding carboxylic acids is 1. The number of hydrogen-bond acceptors (Lipinski definition) is 2. The zero-order valence-corrected chi connectivity index (χ0v) is 13.7. The highest BCUT2D eigenvalue weighted by atomic mass is 28.4. The predicted octanol–water partition coefficient (Wildman–Crippen LogP) is 4.32. The van der Waals surface area contributed by atoms with Gasteiger partial charge in [-0.25, -0.2) is 0 Å². The van der Waals surface area contributed by atoms with Gasteiger partial charge in [-0.1, -0.05) is 26.8 Å². The van der Waals surface area contributed by atoms with Crippen molar-refractivity contribution in [1.82, 2.24) is 0 Å². The summed E-state index contributed by atoms with van der Waals surface area (Å²) in [4.78, 5) is 11.1. The molecule has 104 valence electrons. The van der Waals surface area contributed by atoms with Crippen LogP contribution in [0.25, 0.3) is 0 Å². The first kappa shape index (κ1) is 15.6. The quantitative estimate of drug-likeness (QED) is 0.710. The SMILES string of the molecule is C[C@H](C[C@H]1C=CC(=O)CC1)O[Si](C)(C)C(C)(C)C. The van der Waals surface area contributed by atoms with Crippen LogP contribution >= 0.6 is 0 Å². The van der Waals surface area contributed by atoms with E-state index in [-0.39, 0.29) is 16.9 Å². The van der Waals surface area contributed by atoms with Gasteiger partial charge in [-0.3, -0.25) is 4.79 Å². The van der Waals surface area contributed by atoms with Gasteiger partial charge in [-0.05, 0) is 49.9 Å². The molecule has 0 radical (unpaired) electrons. The highest BCUT2D eigenvalue weighted by Crippen LogP contribution is 2.38. The summed E-state index contributed by atoms with van der Waals surface area (Å²) < 4.78 is 6.35. The summed E-state index contributed by atoms with van der Waals surface area (Å²) in [5.74, 6) is 0.784. The number of hydrogen-bond donors (Lipinski definition) is 0. The largest absolute Gasteiger partial charge is 0.414 e.